The van der Waals surface area contributed by atoms with Crippen LogP contribution in [-0.4, -0.2) is 4.98 Å². The van der Waals surface area contributed by atoms with Crippen molar-refractivity contribution in [3.05, 3.63) is 83.6 Å². The normalized spacial score (nSPS) is 11.3. The lowest BCUT2D eigenvalue weighted by atomic mass is 10.4. The molecule has 21 heavy (non-hydrogen) atoms. The van der Waals surface area contributed by atoms with Crippen molar-refractivity contribution in [1.29, 1.82) is 0 Å². The fourth-order valence-corrected chi connectivity index (χ4v) is 5.10. The summed E-state index contributed by atoms with van der Waals surface area (Å²) < 4.78 is 14.6. The molecule has 0 saturated carbocycles. The van der Waals surface area contributed by atoms with Crippen LogP contribution in [0.4, 0.5) is 0 Å². The van der Waals surface area contributed by atoms with Gasteiger partial charge in [0.15, 0.2) is 7.14 Å². The number of pyridine rings is 1. The van der Waals surface area contributed by atoms with Gasteiger partial charge in [-0.1, -0.05) is 60.7 Å². The first kappa shape index (κ1) is 14.2. The molecule has 4 heteroatoms. The lowest BCUT2D eigenvalue weighted by Crippen LogP contribution is -2.25. The minimum atomic E-state index is -2.88. The summed E-state index contributed by atoms with van der Waals surface area (Å²) in [5.41, 5.74) is 0. The lowest BCUT2D eigenvalue weighted by Gasteiger charge is -2.19. The van der Waals surface area contributed by atoms with Crippen LogP contribution in [0, 0.1) is 0 Å². The number of hydrogen-bond acceptors (Lipinski definition) is 2. The fourth-order valence-electron chi connectivity index (χ4n) is 2.28. The summed E-state index contributed by atoms with van der Waals surface area (Å²) in [5.74, 6) is 0. The average molecular weight is 358 g/mol. The van der Waals surface area contributed by atoms with Crippen LogP contribution < -0.4 is 15.9 Å². The molecule has 104 valence electrons. The molecule has 0 atom stereocenters. The third-order valence-corrected chi connectivity index (χ3v) is 6.83. The Bertz CT molecular complexity index is 729. The van der Waals surface area contributed by atoms with Crippen LogP contribution in [0.25, 0.3) is 0 Å². The van der Waals surface area contributed by atoms with Crippen LogP contribution in [0.1, 0.15) is 0 Å². The second kappa shape index (κ2) is 5.97. The number of nitrogens with zero attached hydrogens (tertiary/aromatic N) is 1. The van der Waals surface area contributed by atoms with E-state index in [0.717, 1.165) is 20.5 Å². The first-order valence-corrected chi connectivity index (χ1v) is 9.04. The zero-order chi connectivity index (χ0) is 14.7. The molecule has 3 rings (SSSR count). The molecule has 0 fully saturated rings. The molecule has 0 bridgehead atoms. The fraction of sp³-hybridized carbons (Fsp3) is 0. The molecule has 0 aliphatic rings. The summed E-state index contributed by atoms with van der Waals surface area (Å²) in [5, 5.41) is 2.38. The molecule has 2 nitrogen and oxygen atoms in total. The highest BCUT2D eigenvalue weighted by atomic mass is 79.9. The molecule has 0 amide bonds. The van der Waals surface area contributed by atoms with Gasteiger partial charge >= 0.3 is 0 Å². The van der Waals surface area contributed by atoms with Crippen LogP contribution in [0.2, 0.25) is 0 Å². The van der Waals surface area contributed by atoms with Crippen molar-refractivity contribution >= 4 is 39.0 Å². The van der Waals surface area contributed by atoms with Crippen molar-refractivity contribution in [3.8, 4) is 0 Å². The van der Waals surface area contributed by atoms with Gasteiger partial charge < -0.3 is 4.57 Å². The van der Waals surface area contributed by atoms with Gasteiger partial charge in [-0.05, 0) is 28.1 Å². The van der Waals surface area contributed by atoms with Crippen LogP contribution in [0.3, 0.4) is 0 Å². The van der Waals surface area contributed by atoms with Crippen molar-refractivity contribution in [2.24, 2.45) is 0 Å². The van der Waals surface area contributed by atoms with E-state index in [2.05, 4.69) is 20.9 Å². The molecule has 0 spiro atoms. The molecule has 3 aromatic rings. The van der Waals surface area contributed by atoms with E-state index in [9.17, 15) is 4.57 Å². The second-order valence-corrected chi connectivity index (χ2v) is 8.20. The number of hydrogen-bond donors (Lipinski definition) is 0. The SMILES string of the molecule is O=P(c1ccccc1)(c1ccccc1)c1ccc(Br)nc1. The predicted molar refractivity (Wildman–Crippen MR) is 91.3 cm³/mol. The second-order valence-electron chi connectivity index (χ2n) is 4.62. The van der Waals surface area contributed by atoms with E-state index >= 15 is 0 Å². The predicted octanol–water partition coefficient (Wildman–Crippen LogP) is 3.48. The highest BCUT2D eigenvalue weighted by Crippen LogP contribution is 2.41. The maximum atomic E-state index is 13.9. The molecule has 1 aromatic heterocycles. The van der Waals surface area contributed by atoms with E-state index in [4.69, 9.17) is 0 Å². The Morgan fingerprint density at radius 1 is 0.714 bits per heavy atom. The van der Waals surface area contributed by atoms with Crippen LogP contribution in [-0.2, 0) is 4.57 Å². The molecule has 0 saturated heterocycles. The Morgan fingerprint density at radius 3 is 1.67 bits per heavy atom. The van der Waals surface area contributed by atoms with Gasteiger partial charge in [-0.2, -0.15) is 0 Å². The number of aromatic nitrogens is 1. The van der Waals surface area contributed by atoms with Gasteiger partial charge in [0.1, 0.15) is 4.60 Å². The minimum absolute atomic E-state index is 0.735. The van der Waals surface area contributed by atoms with E-state index in [1.54, 1.807) is 6.20 Å². The standard InChI is InChI=1S/C17H13BrNOP/c18-17-12-11-16(13-19-17)21(20,14-7-3-1-4-8-14)15-9-5-2-6-10-15/h1-13H. The summed E-state index contributed by atoms with van der Waals surface area (Å²) in [4.78, 5) is 4.24. The smallest absolute Gasteiger partial charge is 0.172 e. The van der Waals surface area contributed by atoms with E-state index in [-0.39, 0.29) is 0 Å². The molecule has 2 aromatic carbocycles. The Kier molecular flexibility index (Phi) is 4.05. The maximum absolute atomic E-state index is 13.9. The number of halogens is 1. The van der Waals surface area contributed by atoms with Crippen LogP contribution >= 0.6 is 23.1 Å². The first-order valence-electron chi connectivity index (χ1n) is 6.54. The van der Waals surface area contributed by atoms with Gasteiger partial charge in [0.25, 0.3) is 0 Å². The van der Waals surface area contributed by atoms with Gasteiger partial charge in [0.2, 0.25) is 0 Å². The lowest BCUT2D eigenvalue weighted by molar-refractivity contribution is 0.592. The molecule has 0 unspecified atom stereocenters. The molecule has 0 aliphatic heterocycles. The summed E-state index contributed by atoms with van der Waals surface area (Å²) in [6.07, 6.45) is 1.69. The highest BCUT2D eigenvalue weighted by molar-refractivity contribution is 9.10. The molecule has 0 aliphatic carbocycles. The highest BCUT2D eigenvalue weighted by Gasteiger charge is 2.29. The molecular weight excluding hydrogens is 345 g/mol. The Hall–Kier alpha value is -1.70. The topological polar surface area (TPSA) is 30.0 Å². The van der Waals surface area contributed by atoms with Crippen molar-refractivity contribution in [3.63, 3.8) is 0 Å². The third-order valence-electron chi connectivity index (χ3n) is 3.31. The van der Waals surface area contributed by atoms with Gasteiger partial charge in [0.05, 0.1) is 0 Å². The van der Waals surface area contributed by atoms with E-state index < -0.39 is 7.14 Å². The molecule has 1 heterocycles. The Balaban J connectivity index is 2.26. The van der Waals surface area contributed by atoms with Gasteiger partial charge in [0, 0.05) is 22.1 Å². The maximum Gasteiger partial charge on any atom is 0.172 e. The van der Waals surface area contributed by atoms with E-state index in [0.29, 0.717) is 0 Å². The summed E-state index contributed by atoms with van der Waals surface area (Å²) in [6, 6.07) is 22.9. The van der Waals surface area contributed by atoms with Crippen molar-refractivity contribution in [2.45, 2.75) is 0 Å². The summed E-state index contributed by atoms with van der Waals surface area (Å²) >= 11 is 3.32. The van der Waals surface area contributed by atoms with Crippen molar-refractivity contribution in [1.82, 2.24) is 4.98 Å². The quantitative estimate of drug-likeness (QED) is 0.530. The van der Waals surface area contributed by atoms with Crippen molar-refractivity contribution < 1.29 is 4.57 Å². The van der Waals surface area contributed by atoms with Crippen LogP contribution in [0.15, 0.2) is 83.6 Å². The Labute approximate surface area is 132 Å². The van der Waals surface area contributed by atoms with Gasteiger partial charge in [-0.25, -0.2) is 4.98 Å². The monoisotopic (exact) mass is 357 g/mol. The van der Waals surface area contributed by atoms with Gasteiger partial charge in [-0.3, -0.25) is 0 Å². The Morgan fingerprint density at radius 2 is 1.24 bits per heavy atom. The average Bonchev–Trinajstić information content (AvgIpc) is 2.56. The van der Waals surface area contributed by atoms with Crippen molar-refractivity contribution in [2.75, 3.05) is 0 Å². The van der Waals surface area contributed by atoms with Crippen LogP contribution in [0.5, 0.6) is 0 Å². The molecular formula is C17H13BrNOP. The largest absolute Gasteiger partial charge is 0.309 e. The number of rotatable bonds is 3. The molecule has 0 N–H and O–H groups in total. The van der Waals surface area contributed by atoms with E-state index in [1.165, 1.54) is 0 Å². The summed E-state index contributed by atoms with van der Waals surface area (Å²) in [6.45, 7) is 0. The first-order chi connectivity index (χ1) is 10.2. The summed E-state index contributed by atoms with van der Waals surface area (Å²) in [7, 11) is -2.88. The molecule has 0 radical (unpaired) electrons. The third kappa shape index (κ3) is 2.72. The number of benzene rings is 2. The zero-order valence-corrected chi connectivity index (χ0v) is 13.7. The zero-order valence-electron chi connectivity index (χ0n) is 11.2. The van der Waals surface area contributed by atoms with Gasteiger partial charge in [-0.15, -0.1) is 0 Å². The van der Waals surface area contributed by atoms with E-state index in [1.807, 2.05) is 72.8 Å². The minimum Gasteiger partial charge on any atom is -0.309 e.